The fraction of sp³-hybridized carbons (Fsp3) is 0.300. The molecule has 0 spiro atoms. The number of carbonyl (C=O) groups excluding carboxylic acids is 1. The van der Waals surface area contributed by atoms with Gasteiger partial charge in [0.25, 0.3) is 0 Å². The standard InChI is InChI=1S/C7H8O.C3H4O3/c1-6-4-2-3-5-7(6)8;4-3-5-1-2-6-3/h2-5,8H,1H3;1-2H2. The Bertz CT molecular complexity index is 280. The number of carbonyl (C=O) groups is 1. The fourth-order valence-corrected chi connectivity index (χ4v) is 0.855. The predicted molar refractivity (Wildman–Crippen MR) is 50.1 cm³/mol. The van der Waals surface area contributed by atoms with Crippen LogP contribution in [0.2, 0.25) is 0 Å². The van der Waals surface area contributed by atoms with Crippen molar-refractivity contribution in [2.24, 2.45) is 0 Å². The summed E-state index contributed by atoms with van der Waals surface area (Å²) < 4.78 is 8.58. The molecule has 14 heavy (non-hydrogen) atoms. The molecule has 0 saturated carbocycles. The minimum atomic E-state index is -0.546. The number of aryl methyl sites for hydroxylation is 1. The Morgan fingerprint density at radius 2 is 1.79 bits per heavy atom. The average molecular weight is 196 g/mol. The van der Waals surface area contributed by atoms with Crippen molar-refractivity contribution in [1.29, 1.82) is 0 Å². The molecule has 0 atom stereocenters. The van der Waals surface area contributed by atoms with Crippen LogP contribution in [0.1, 0.15) is 5.56 Å². The van der Waals surface area contributed by atoms with Gasteiger partial charge in [-0.25, -0.2) is 4.79 Å². The molecule has 1 aliphatic heterocycles. The molecule has 0 amide bonds. The molecule has 0 bridgehead atoms. The second-order valence-corrected chi connectivity index (χ2v) is 2.73. The van der Waals surface area contributed by atoms with Gasteiger partial charge in [0.05, 0.1) is 0 Å². The van der Waals surface area contributed by atoms with Crippen molar-refractivity contribution in [2.45, 2.75) is 6.92 Å². The number of benzene rings is 1. The van der Waals surface area contributed by atoms with Gasteiger partial charge in [-0.15, -0.1) is 0 Å². The molecule has 2 rings (SSSR count). The van der Waals surface area contributed by atoms with Gasteiger partial charge in [-0.3, -0.25) is 0 Å². The van der Waals surface area contributed by atoms with E-state index in [4.69, 9.17) is 5.11 Å². The third-order valence-corrected chi connectivity index (χ3v) is 1.64. The van der Waals surface area contributed by atoms with E-state index in [1.165, 1.54) is 0 Å². The second kappa shape index (κ2) is 5.11. The first kappa shape index (κ1) is 10.4. The minimum absolute atomic E-state index is 0.368. The fourth-order valence-electron chi connectivity index (χ4n) is 0.855. The summed E-state index contributed by atoms with van der Waals surface area (Å²) in [5, 5.41) is 8.92. The van der Waals surface area contributed by atoms with Crippen LogP contribution in [0.4, 0.5) is 4.79 Å². The highest BCUT2D eigenvalue weighted by molar-refractivity contribution is 5.61. The lowest BCUT2D eigenvalue weighted by molar-refractivity contribution is 0.131. The molecule has 0 radical (unpaired) electrons. The summed E-state index contributed by atoms with van der Waals surface area (Å²) in [5.74, 6) is 0.368. The van der Waals surface area contributed by atoms with Crippen molar-refractivity contribution in [1.82, 2.24) is 0 Å². The van der Waals surface area contributed by atoms with E-state index in [2.05, 4.69) is 9.47 Å². The summed E-state index contributed by atoms with van der Waals surface area (Å²) in [6.45, 7) is 2.70. The maximum Gasteiger partial charge on any atom is 0.508 e. The molecule has 1 fully saturated rings. The molecule has 76 valence electrons. The Morgan fingerprint density at radius 3 is 2.07 bits per heavy atom. The van der Waals surface area contributed by atoms with Crippen molar-refractivity contribution in [3.63, 3.8) is 0 Å². The first-order valence-corrected chi connectivity index (χ1v) is 4.24. The second-order valence-electron chi connectivity index (χ2n) is 2.73. The van der Waals surface area contributed by atoms with Crippen molar-refractivity contribution >= 4 is 6.16 Å². The zero-order valence-electron chi connectivity index (χ0n) is 7.90. The molecular weight excluding hydrogens is 184 g/mol. The zero-order chi connectivity index (χ0) is 10.4. The molecule has 1 heterocycles. The Hall–Kier alpha value is -1.71. The van der Waals surface area contributed by atoms with Crippen LogP contribution in [-0.2, 0) is 9.47 Å². The molecule has 0 aromatic heterocycles. The average Bonchev–Trinajstić information content (AvgIpc) is 2.63. The molecule has 1 N–H and O–H groups in total. The van der Waals surface area contributed by atoms with Crippen molar-refractivity contribution in [3.05, 3.63) is 29.8 Å². The van der Waals surface area contributed by atoms with Crippen molar-refractivity contribution in [2.75, 3.05) is 13.2 Å². The molecular formula is C10H12O4. The maximum atomic E-state index is 9.80. The molecule has 1 aromatic rings. The molecule has 0 unspecified atom stereocenters. The van der Waals surface area contributed by atoms with E-state index in [0.29, 0.717) is 19.0 Å². The SMILES string of the molecule is Cc1ccccc1O.O=C1OCCO1. The van der Waals surface area contributed by atoms with Crippen LogP contribution < -0.4 is 0 Å². The highest BCUT2D eigenvalue weighted by atomic mass is 16.8. The van der Waals surface area contributed by atoms with E-state index in [1.807, 2.05) is 25.1 Å². The smallest absolute Gasteiger partial charge is 0.508 e. The minimum Gasteiger partial charge on any atom is -0.508 e. The lowest BCUT2D eigenvalue weighted by Gasteiger charge is -1.92. The zero-order valence-corrected chi connectivity index (χ0v) is 7.90. The van der Waals surface area contributed by atoms with Crippen LogP contribution in [0, 0.1) is 6.92 Å². The summed E-state index contributed by atoms with van der Waals surface area (Å²) in [7, 11) is 0. The van der Waals surface area contributed by atoms with E-state index >= 15 is 0 Å². The van der Waals surface area contributed by atoms with E-state index in [-0.39, 0.29) is 0 Å². The third kappa shape index (κ3) is 3.35. The van der Waals surface area contributed by atoms with E-state index in [1.54, 1.807) is 6.07 Å². The number of ether oxygens (including phenoxy) is 2. The normalized spacial score (nSPS) is 13.6. The van der Waals surface area contributed by atoms with Crippen LogP contribution in [0.3, 0.4) is 0 Å². The highest BCUT2D eigenvalue weighted by Gasteiger charge is 2.09. The lowest BCUT2D eigenvalue weighted by atomic mass is 10.2. The van der Waals surface area contributed by atoms with E-state index in [9.17, 15) is 4.79 Å². The molecule has 1 aromatic carbocycles. The van der Waals surface area contributed by atoms with E-state index < -0.39 is 6.16 Å². The summed E-state index contributed by atoms with van der Waals surface area (Å²) in [4.78, 5) is 9.80. The first-order valence-electron chi connectivity index (χ1n) is 4.24. The maximum absolute atomic E-state index is 9.80. The van der Waals surface area contributed by atoms with Gasteiger partial charge in [0, 0.05) is 0 Å². The predicted octanol–water partition coefficient (Wildman–Crippen LogP) is 1.85. The van der Waals surface area contributed by atoms with Crippen LogP contribution >= 0.6 is 0 Å². The van der Waals surface area contributed by atoms with E-state index in [0.717, 1.165) is 5.56 Å². The molecule has 4 nitrogen and oxygen atoms in total. The lowest BCUT2D eigenvalue weighted by Crippen LogP contribution is -1.88. The first-order chi connectivity index (χ1) is 6.70. The molecule has 1 saturated heterocycles. The van der Waals surface area contributed by atoms with Crippen LogP contribution in [-0.4, -0.2) is 24.5 Å². The number of phenols is 1. The van der Waals surface area contributed by atoms with Gasteiger partial charge in [0.1, 0.15) is 19.0 Å². The molecule has 1 aliphatic rings. The quantitative estimate of drug-likeness (QED) is 0.643. The number of rotatable bonds is 0. The molecule has 0 aliphatic carbocycles. The van der Waals surface area contributed by atoms with Crippen LogP contribution in [0.25, 0.3) is 0 Å². The number of hydrogen-bond donors (Lipinski definition) is 1. The number of para-hydroxylation sites is 1. The van der Waals surface area contributed by atoms with Gasteiger partial charge < -0.3 is 14.6 Å². The number of hydrogen-bond acceptors (Lipinski definition) is 4. The summed E-state index contributed by atoms with van der Waals surface area (Å²) in [6.07, 6.45) is -0.546. The van der Waals surface area contributed by atoms with Crippen molar-refractivity contribution in [3.8, 4) is 5.75 Å². The Balaban J connectivity index is 0.000000146. The highest BCUT2D eigenvalue weighted by Crippen LogP contribution is 2.12. The van der Waals surface area contributed by atoms with Crippen LogP contribution in [0.15, 0.2) is 24.3 Å². The number of aromatic hydroxyl groups is 1. The number of phenolic OH excluding ortho intramolecular Hbond substituents is 1. The third-order valence-electron chi connectivity index (χ3n) is 1.64. The Kier molecular flexibility index (Phi) is 3.79. The van der Waals surface area contributed by atoms with Gasteiger partial charge in [-0.1, -0.05) is 18.2 Å². The topological polar surface area (TPSA) is 55.8 Å². The Labute approximate surface area is 82.1 Å². The summed E-state index contributed by atoms with van der Waals surface area (Å²) in [6, 6.07) is 7.25. The largest absolute Gasteiger partial charge is 0.508 e. The van der Waals surface area contributed by atoms with Crippen molar-refractivity contribution < 1.29 is 19.4 Å². The monoisotopic (exact) mass is 196 g/mol. The summed E-state index contributed by atoms with van der Waals surface area (Å²) in [5.41, 5.74) is 0.924. The van der Waals surface area contributed by atoms with Gasteiger partial charge >= 0.3 is 6.16 Å². The van der Waals surface area contributed by atoms with Gasteiger partial charge in [-0.05, 0) is 18.6 Å². The number of cyclic esters (lactones) is 2. The Morgan fingerprint density at radius 1 is 1.21 bits per heavy atom. The van der Waals surface area contributed by atoms with Crippen LogP contribution in [0.5, 0.6) is 5.75 Å². The molecule has 4 heteroatoms. The van der Waals surface area contributed by atoms with Gasteiger partial charge in [-0.2, -0.15) is 0 Å². The summed E-state index contributed by atoms with van der Waals surface area (Å²) >= 11 is 0. The van der Waals surface area contributed by atoms with Gasteiger partial charge in [0.2, 0.25) is 0 Å². The van der Waals surface area contributed by atoms with Gasteiger partial charge in [0.15, 0.2) is 0 Å².